The van der Waals surface area contributed by atoms with Gasteiger partial charge in [-0.1, -0.05) is 37.3 Å². The average molecular weight is 401 g/mol. The molecule has 0 aliphatic rings. The van der Waals surface area contributed by atoms with Gasteiger partial charge in [0.1, 0.15) is 18.7 Å². The molecule has 8 heteroatoms. The van der Waals surface area contributed by atoms with Crippen LogP contribution in [0.4, 0.5) is 0 Å². The van der Waals surface area contributed by atoms with Gasteiger partial charge in [-0.2, -0.15) is 4.72 Å². The van der Waals surface area contributed by atoms with E-state index in [2.05, 4.69) is 4.72 Å². The first kappa shape index (κ1) is 19.8. The standard InChI is InChI=1S/C20H19NO6S/c1-2-14-8-9-17-15(11-19(22)27-18(17)10-14)13-26-20(23)12-21-28(24,25)16-6-4-3-5-7-16/h3-11,21H,2,12-13H2,1H3. The SMILES string of the molecule is CCc1ccc2c(COC(=O)CNS(=O)(=O)c3ccccc3)cc(=O)oc2c1. The quantitative estimate of drug-likeness (QED) is 0.482. The van der Waals surface area contributed by atoms with Crippen molar-refractivity contribution in [2.45, 2.75) is 24.8 Å². The number of hydrogen-bond acceptors (Lipinski definition) is 6. The molecule has 146 valence electrons. The Kier molecular flexibility index (Phi) is 5.91. The van der Waals surface area contributed by atoms with Crippen molar-refractivity contribution in [1.29, 1.82) is 0 Å². The van der Waals surface area contributed by atoms with Crippen LogP contribution in [0.3, 0.4) is 0 Å². The minimum atomic E-state index is -3.80. The molecule has 3 rings (SSSR count). The van der Waals surface area contributed by atoms with E-state index in [1.807, 2.05) is 13.0 Å². The summed E-state index contributed by atoms with van der Waals surface area (Å²) in [5, 5.41) is 0.662. The molecule has 1 heterocycles. The maximum absolute atomic E-state index is 12.1. The molecule has 0 spiro atoms. The second kappa shape index (κ2) is 8.37. The van der Waals surface area contributed by atoms with Crippen molar-refractivity contribution in [3.05, 3.63) is 76.1 Å². The van der Waals surface area contributed by atoms with Gasteiger partial charge in [0, 0.05) is 17.0 Å². The second-order valence-corrected chi connectivity index (χ2v) is 7.84. The van der Waals surface area contributed by atoms with Crippen molar-refractivity contribution in [3.63, 3.8) is 0 Å². The minimum Gasteiger partial charge on any atom is -0.460 e. The summed E-state index contributed by atoms with van der Waals surface area (Å²) < 4.78 is 36.8. The van der Waals surface area contributed by atoms with E-state index < -0.39 is 28.2 Å². The molecule has 28 heavy (non-hydrogen) atoms. The highest BCUT2D eigenvalue weighted by Gasteiger charge is 2.16. The number of carbonyl (C=O) groups excluding carboxylic acids is 1. The third-order valence-corrected chi connectivity index (χ3v) is 5.57. The lowest BCUT2D eigenvalue weighted by Crippen LogP contribution is -2.30. The molecule has 0 bridgehead atoms. The topological polar surface area (TPSA) is 103 Å². The Bertz CT molecular complexity index is 1150. The van der Waals surface area contributed by atoms with Gasteiger partial charge in [0.25, 0.3) is 0 Å². The summed E-state index contributed by atoms with van der Waals surface area (Å²) in [5.74, 6) is -0.758. The lowest BCUT2D eigenvalue weighted by molar-refractivity contribution is -0.143. The van der Waals surface area contributed by atoms with Gasteiger partial charge >= 0.3 is 11.6 Å². The molecular weight excluding hydrogens is 382 g/mol. The van der Waals surface area contributed by atoms with Crippen LogP contribution >= 0.6 is 0 Å². The number of aryl methyl sites for hydroxylation is 1. The maximum atomic E-state index is 12.1. The van der Waals surface area contributed by atoms with E-state index >= 15 is 0 Å². The zero-order valence-corrected chi connectivity index (χ0v) is 16.0. The van der Waals surface area contributed by atoms with Crippen LogP contribution in [0, 0.1) is 0 Å². The van der Waals surface area contributed by atoms with E-state index in [9.17, 15) is 18.0 Å². The predicted molar refractivity (Wildman–Crippen MR) is 103 cm³/mol. The number of nitrogens with one attached hydrogen (secondary N) is 1. The van der Waals surface area contributed by atoms with Crippen LogP contribution in [-0.2, 0) is 32.6 Å². The van der Waals surface area contributed by atoms with Crippen LogP contribution < -0.4 is 10.3 Å². The summed E-state index contributed by atoms with van der Waals surface area (Å²) in [5.41, 5.74) is 1.38. The van der Waals surface area contributed by atoms with Crippen molar-refractivity contribution in [2.75, 3.05) is 6.54 Å². The second-order valence-electron chi connectivity index (χ2n) is 6.07. The Labute approximate surface area is 162 Å². The highest BCUT2D eigenvalue weighted by molar-refractivity contribution is 7.89. The number of sulfonamides is 1. The van der Waals surface area contributed by atoms with Crippen LogP contribution in [0.25, 0.3) is 11.0 Å². The molecule has 0 aliphatic carbocycles. The predicted octanol–water partition coefficient (Wildman–Crippen LogP) is 2.38. The number of carbonyl (C=O) groups is 1. The number of fused-ring (bicyclic) bond motifs is 1. The molecule has 0 amide bonds. The Morgan fingerprint density at radius 3 is 2.57 bits per heavy atom. The Hall–Kier alpha value is -2.97. The molecule has 0 saturated carbocycles. The lowest BCUT2D eigenvalue weighted by atomic mass is 10.1. The summed E-state index contributed by atoms with van der Waals surface area (Å²) >= 11 is 0. The van der Waals surface area contributed by atoms with Gasteiger partial charge in [-0.3, -0.25) is 4.79 Å². The first-order valence-electron chi connectivity index (χ1n) is 8.65. The molecule has 0 atom stereocenters. The van der Waals surface area contributed by atoms with Crippen molar-refractivity contribution >= 4 is 27.0 Å². The Morgan fingerprint density at radius 1 is 1.11 bits per heavy atom. The molecule has 2 aromatic carbocycles. The number of hydrogen-bond donors (Lipinski definition) is 1. The van der Waals surface area contributed by atoms with Crippen LogP contribution in [0.15, 0.2) is 68.7 Å². The van der Waals surface area contributed by atoms with Crippen LogP contribution in [0.2, 0.25) is 0 Å². The van der Waals surface area contributed by atoms with E-state index in [4.69, 9.17) is 9.15 Å². The normalized spacial score (nSPS) is 11.5. The van der Waals surface area contributed by atoms with Crippen molar-refractivity contribution in [2.24, 2.45) is 0 Å². The first-order valence-corrected chi connectivity index (χ1v) is 10.1. The third-order valence-electron chi connectivity index (χ3n) is 4.15. The smallest absolute Gasteiger partial charge is 0.336 e. The largest absolute Gasteiger partial charge is 0.460 e. The van der Waals surface area contributed by atoms with Gasteiger partial charge < -0.3 is 9.15 Å². The third kappa shape index (κ3) is 4.65. The minimum absolute atomic E-state index is 0.0567. The maximum Gasteiger partial charge on any atom is 0.336 e. The Balaban J connectivity index is 1.67. The fourth-order valence-corrected chi connectivity index (χ4v) is 3.65. The first-order chi connectivity index (χ1) is 13.4. The van der Waals surface area contributed by atoms with Gasteiger partial charge in [-0.25, -0.2) is 13.2 Å². The van der Waals surface area contributed by atoms with E-state index in [1.165, 1.54) is 18.2 Å². The number of esters is 1. The van der Waals surface area contributed by atoms with Gasteiger partial charge in [0.15, 0.2) is 0 Å². The van der Waals surface area contributed by atoms with Crippen molar-refractivity contribution in [1.82, 2.24) is 4.72 Å². The van der Waals surface area contributed by atoms with E-state index in [-0.39, 0.29) is 11.5 Å². The number of ether oxygens (including phenoxy) is 1. The molecule has 1 N–H and O–H groups in total. The Morgan fingerprint density at radius 2 is 1.86 bits per heavy atom. The van der Waals surface area contributed by atoms with E-state index in [0.717, 1.165) is 12.0 Å². The summed E-state index contributed by atoms with van der Waals surface area (Å²) in [4.78, 5) is 23.8. The van der Waals surface area contributed by atoms with Crippen molar-refractivity contribution < 1.29 is 22.4 Å². The zero-order chi connectivity index (χ0) is 20.1. The molecule has 0 aliphatic heterocycles. The molecule has 0 saturated heterocycles. The summed E-state index contributed by atoms with van der Waals surface area (Å²) in [6.07, 6.45) is 0.792. The van der Waals surface area contributed by atoms with Crippen LogP contribution in [0.1, 0.15) is 18.1 Å². The van der Waals surface area contributed by atoms with Gasteiger partial charge in [-0.15, -0.1) is 0 Å². The number of benzene rings is 2. The van der Waals surface area contributed by atoms with Crippen molar-refractivity contribution in [3.8, 4) is 0 Å². The number of rotatable bonds is 7. The van der Waals surface area contributed by atoms with Gasteiger partial charge in [0.2, 0.25) is 10.0 Å². The lowest BCUT2D eigenvalue weighted by Gasteiger charge is -2.09. The molecule has 0 radical (unpaired) electrons. The summed E-state index contributed by atoms with van der Waals surface area (Å²) in [7, 11) is -3.80. The summed E-state index contributed by atoms with van der Waals surface area (Å²) in [6.45, 7) is 1.30. The molecular formula is C20H19NO6S. The summed E-state index contributed by atoms with van der Waals surface area (Å²) in [6, 6.07) is 14.5. The molecule has 3 aromatic rings. The molecule has 0 unspecified atom stereocenters. The molecule has 7 nitrogen and oxygen atoms in total. The van der Waals surface area contributed by atoms with Crippen LogP contribution in [-0.4, -0.2) is 20.9 Å². The fourth-order valence-electron chi connectivity index (χ4n) is 2.66. The van der Waals surface area contributed by atoms with E-state index in [1.54, 1.807) is 30.3 Å². The van der Waals surface area contributed by atoms with Gasteiger partial charge in [-0.05, 0) is 30.2 Å². The molecule has 1 aromatic heterocycles. The fraction of sp³-hybridized carbons (Fsp3) is 0.200. The van der Waals surface area contributed by atoms with E-state index in [0.29, 0.717) is 16.5 Å². The van der Waals surface area contributed by atoms with Gasteiger partial charge in [0.05, 0.1) is 4.90 Å². The highest BCUT2D eigenvalue weighted by Crippen LogP contribution is 2.20. The highest BCUT2D eigenvalue weighted by atomic mass is 32.2. The molecule has 0 fully saturated rings. The monoisotopic (exact) mass is 401 g/mol. The zero-order valence-electron chi connectivity index (χ0n) is 15.2. The average Bonchev–Trinajstić information content (AvgIpc) is 2.70. The van der Waals surface area contributed by atoms with Crippen LogP contribution in [0.5, 0.6) is 0 Å².